The van der Waals surface area contributed by atoms with Crippen molar-refractivity contribution in [3.8, 4) is 0 Å². The van der Waals surface area contributed by atoms with Crippen LogP contribution in [0.2, 0.25) is 5.02 Å². The normalized spacial score (nSPS) is 11.9. The Kier molecular flexibility index (Phi) is 4.02. The molecule has 0 radical (unpaired) electrons. The Morgan fingerprint density at radius 1 is 1.32 bits per heavy atom. The molecule has 0 fully saturated rings. The van der Waals surface area contributed by atoms with E-state index in [2.05, 4.69) is 10.3 Å². The molecule has 1 heterocycles. The summed E-state index contributed by atoms with van der Waals surface area (Å²) in [6, 6.07) is 8.45. The highest BCUT2D eigenvalue weighted by atomic mass is 35.5. The maximum Gasteiger partial charge on any atom is 0.251 e. The van der Waals surface area contributed by atoms with E-state index in [1.165, 1.54) is 0 Å². The predicted octanol–water partition coefficient (Wildman–Crippen LogP) is 2.81. The van der Waals surface area contributed by atoms with Crippen molar-refractivity contribution in [1.29, 1.82) is 0 Å². The number of pyridine rings is 1. The van der Waals surface area contributed by atoms with Gasteiger partial charge < -0.3 is 11.1 Å². The first-order chi connectivity index (χ1) is 9.08. The average Bonchev–Trinajstić information content (AvgIpc) is 2.42. The van der Waals surface area contributed by atoms with E-state index in [9.17, 15) is 4.79 Å². The predicted molar refractivity (Wildman–Crippen MR) is 76.0 cm³/mol. The molecule has 1 atom stereocenters. The molecule has 5 heteroatoms. The first-order valence-electron chi connectivity index (χ1n) is 5.83. The second kappa shape index (κ2) is 5.71. The van der Waals surface area contributed by atoms with Crippen molar-refractivity contribution in [2.45, 2.75) is 13.0 Å². The van der Waals surface area contributed by atoms with Gasteiger partial charge in [0.15, 0.2) is 0 Å². The molecule has 2 rings (SSSR count). The SMILES string of the molecule is C[C@@H](NC(=O)c1ccc(N)c(Cl)c1)c1ccncc1. The molecule has 0 unspecified atom stereocenters. The third-order valence-electron chi connectivity index (χ3n) is 2.82. The lowest BCUT2D eigenvalue weighted by atomic mass is 10.1. The van der Waals surface area contributed by atoms with E-state index in [1.54, 1.807) is 30.6 Å². The Morgan fingerprint density at radius 3 is 2.63 bits per heavy atom. The number of hydrogen-bond acceptors (Lipinski definition) is 3. The molecule has 0 aliphatic rings. The van der Waals surface area contributed by atoms with Crippen LogP contribution in [0, 0.1) is 0 Å². The van der Waals surface area contributed by atoms with E-state index < -0.39 is 0 Å². The standard InChI is InChI=1S/C14H14ClN3O/c1-9(10-4-6-17-7-5-10)18-14(19)11-2-3-13(16)12(15)8-11/h2-9H,16H2,1H3,(H,18,19)/t9-/m1/s1. The summed E-state index contributed by atoms with van der Waals surface area (Å²) in [5, 5.41) is 3.27. The molecule has 0 saturated carbocycles. The molecular weight excluding hydrogens is 262 g/mol. The zero-order valence-corrected chi connectivity index (χ0v) is 11.2. The van der Waals surface area contributed by atoms with Crippen LogP contribution >= 0.6 is 11.6 Å². The first-order valence-corrected chi connectivity index (χ1v) is 6.21. The number of amides is 1. The van der Waals surface area contributed by atoms with Crippen LogP contribution in [0.5, 0.6) is 0 Å². The van der Waals surface area contributed by atoms with Gasteiger partial charge in [-0.25, -0.2) is 0 Å². The number of aromatic nitrogens is 1. The number of nitrogen functional groups attached to an aromatic ring is 1. The molecule has 98 valence electrons. The van der Waals surface area contributed by atoms with Crippen molar-refractivity contribution >= 4 is 23.2 Å². The Bertz CT molecular complexity index is 586. The van der Waals surface area contributed by atoms with E-state index in [0.29, 0.717) is 16.3 Å². The zero-order valence-electron chi connectivity index (χ0n) is 10.4. The maximum absolute atomic E-state index is 12.1. The molecule has 0 saturated heterocycles. The van der Waals surface area contributed by atoms with Crippen molar-refractivity contribution in [3.05, 3.63) is 58.9 Å². The van der Waals surface area contributed by atoms with Gasteiger partial charge in [-0.2, -0.15) is 0 Å². The number of nitrogens with zero attached hydrogens (tertiary/aromatic N) is 1. The minimum absolute atomic E-state index is 0.105. The second-order valence-corrected chi connectivity index (χ2v) is 4.62. The van der Waals surface area contributed by atoms with Gasteiger partial charge >= 0.3 is 0 Å². The molecule has 1 aromatic heterocycles. The maximum atomic E-state index is 12.1. The molecule has 0 aliphatic heterocycles. The molecule has 3 N–H and O–H groups in total. The molecule has 1 amide bonds. The summed E-state index contributed by atoms with van der Waals surface area (Å²) in [6.45, 7) is 1.91. The number of carbonyl (C=O) groups excluding carboxylic acids is 1. The van der Waals surface area contributed by atoms with E-state index in [-0.39, 0.29) is 11.9 Å². The third kappa shape index (κ3) is 3.23. The average molecular weight is 276 g/mol. The fourth-order valence-corrected chi connectivity index (χ4v) is 1.86. The number of halogens is 1. The number of nitrogens with one attached hydrogen (secondary N) is 1. The first kappa shape index (κ1) is 13.4. The summed E-state index contributed by atoms with van der Waals surface area (Å²) in [5.74, 6) is -0.189. The summed E-state index contributed by atoms with van der Waals surface area (Å²) in [4.78, 5) is 16.0. The number of hydrogen-bond donors (Lipinski definition) is 2. The monoisotopic (exact) mass is 275 g/mol. The molecular formula is C14H14ClN3O. The zero-order chi connectivity index (χ0) is 13.8. The summed E-state index contributed by atoms with van der Waals surface area (Å²) < 4.78 is 0. The molecule has 4 nitrogen and oxygen atoms in total. The van der Waals surface area contributed by atoms with Gasteiger partial charge in [0.2, 0.25) is 0 Å². The van der Waals surface area contributed by atoms with Crippen molar-refractivity contribution < 1.29 is 4.79 Å². The van der Waals surface area contributed by atoms with Crippen LogP contribution in [0.15, 0.2) is 42.7 Å². The van der Waals surface area contributed by atoms with Crippen molar-refractivity contribution in [2.24, 2.45) is 0 Å². The summed E-state index contributed by atoms with van der Waals surface area (Å²) >= 11 is 5.90. The van der Waals surface area contributed by atoms with Crippen molar-refractivity contribution in [2.75, 3.05) is 5.73 Å². The van der Waals surface area contributed by atoms with Gasteiger partial charge in [0.1, 0.15) is 0 Å². The highest BCUT2D eigenvalue weighted by Gasteiger charge is 2.12. The topological polar surface area (TPSA) is 68.0 Å². The Labute approximate surface area is 116 Å². The van der Waals surface area contributed by atoms with Crippen LogP contribution in [0.25, 0.3) is 0 Å². The smallest absolute Gasteiger partial charge is 0.251 e. The molecule has 1 aromatic carbocycles. The molecule has 0 aliphatic carbocycles. The molecule has 0 spiro atoms. The minimum atomic E-state index is -0.189. The van der Waals surface area contributed by atoms with Gasteiger partial charge in [-0.05, 0) is 42.8 Å². The minimum Gasteiger partial charge on any atom is -0.398 e. The molecule has 19 heavy (non-hydrogen) atoms. The Hall–Kier alpha value is -2.07. The quantitative estimate of drug-likeness (QED) is 0.847. The number of benzene rings is 1. The highest BCUT2D eigenvalue weighted by molar-refractivity contribution is 6.33. The van der Waals surface area contributed by atoms with Crippen LogP contribution in [-0.2, 0) is 0 Å². The summed E-state index contributed by atoms with van der Waals surface area (Å²) in [5.41, 5.74) is 7.55. The lowest BCUT2D eigenvalue weighted by Gasteiger charge is -2.14. The largest absolute Gasteiger partial charge is 0.398 e. The molecule has 0 bridgehead atoms. The van der Waals surface area contributed by atoms with Crippen molar-refractivity contribution in [3.63, 3.8) is 0 Å². The number of carbonyl (C=O) groups is 1. The van der Waals surface area contributed by atoms with Crippen LogP contribution in [0.1, 0.15) is 28.9 Å². The van der Waals surface area contributed by atoms with Crippen LogP contribution < -0.4 is 11.1 Å². The Morgan fingerprint density at radius 2 is 2.00 bits per heavy atom. The van der Waals surface area contributed by atoms with E-state index in [0.717, 1.165) is 5.56 Å². The fourth-order valence-electron chi connectivity index (χ4n) is 1.68. The van der Waals surface area contributed by atoms with Gasteiger partial charge in [-0.15, -0.1) is 0 Å². The number of nitrogens with two attached hydrogens (primary N) is 1. The van der Waals surface area contributed by atoms with Crippen molar-refractivity contribution in [1.82, 2.24) is 10.3 Å². The lowest BCUT2D eigenvalue weighted by Crippen LogP contribution is -2.26. The van der Waals surface area contributed by atoms with Crippen LogP contribution in [-0.4, -0.2) is 10.9 Å². The second-order valence-electron chi connectivity index (χ2n) is 4.21. The molecule has 2 aromatic rings. The van der Waals surface area contributed by atoms with Gasteiger partial charge in [-0.1, -0.05) is 11.6 Å². The van der Waals surface area contributed by atoms with Crippen LogP contribution in [0.3, 0.4) is 0 Å². The third-order valence-corrected chi connectivity index (χ3v) is 3.14. The summed E-state index contributed by atoms with van der Waals surface area (Å²) in [7, 11) is 0. The van der Waals surface area contributed by atoms with Gasteiger partial charge in [0.05, 0.1) is 16.8 Å². The number of rotatable bonds is 3. The lowest BCUT2D eigenvalue weighted by molar-refractivity contribution is 0.0940. The van der Waals surface area contributed by atoms with Gasteiger partial charge in [0, 0.05) is 18.0 Å². The van der Waals surface area contributed by atoms with Crippen LogP contribution in [0.4, 0.5) is 5.69 Å². The highest BCUT2D eigenvalue weighted by Crippen LogP contribution is 2.20. The number of anilines is 1. The summed E-state index contributed by atoms with van der Waals surface area (Å²) in [6.07, 6.45) is 3.39. The van der Waals surface area contributed by atoms with E-state index in [1.807, 2.05) is 19.1 Å². The fraction of sp³-hybridized carbons (Fsp3) is 0.143. The van der Waals surface area contributed by atoms with Gasteiger partial charge in [-0.3, -0.25) is 9.78 Å². The van der Waals surface area contributed by atoms with E-state index >= 15 is 0 Å². The van der Waals surface area contributed by atoms with Gasteiger partial charge in [0.25, 0.3) is 5.91 Å². The van der Waals surface area contributed by atoms with E-state index in [4.69, 9.17) is 17.3 Å². The Balaban J connectivity index is 2.11.